The zero-order chi connectivity index (χ0) is 10.5. The molecule has 0 aromatic heterocycles. The zero-order valence-electron chi connectivity index (χ0n) is 7.62. The van der Waals surface area contributed by atoms with E-state index < -0.39 is 11.7 Å². The van der Waals surface area contributed by atoms with Crippen LogP contribution in [0.3, 0.4) is 0 Å². The van der Waals surface area contributed by atoms with Crippen molar-refractivity contribution in [2.45, 2.75) is 25.9 Å². The smallest absolute Gasteiger partial charge is 0.166 e. The Morgan fingerprint density at radius 3 is 2.15 bits per heavy atom. The lowest BCUT2D eigenvalue weighted by atomic mass is 10.1. The Labute approximate surface area is 76.5 Å². The van der Waals surface area contributed by atoms with Gasteiger partial charge in [0.1, 0.15) is 0 Å². The van der Waals surface area contributed by atoms with Gasteiger partial charge in [0, 0.05) is 5.57 Å². The highest BCUT2D eigenvalue weighted by Gasteiger charge is 2.29. The van der Waals surface area contributed by atoms with Crippen LogP contribution in [0.2, 0.25) is 0 Å². The Kier molecular flexibility index (Phi) is 4.52. The van der Waals surface area contributed by atoms with Gasteiger partial charge in [-0.3, -0.25) is 0 Å². The first-order chi connectivity index (χ1) is 5.88. The number of hydrogen-bond donors (Lipinski definition) is 0. The Hall–Kier alpha value is -0.990. The second-order valence-electron chi connectivity index (χ2n) is 2.76. The number of alkyl halides is 3. The lowest BCUT2D eigenvalue weighted by Gasteiger charge is -2.04. The number of allylic oxidation sites excluding steroid dienone is 4. The van der Waals surface area contributed by atoms with Gasteiger partial charge in [0.25, 0.3) is 0 Å². The summed E-state index contributed by atoms with van der Waals surface area (Å²) >= 11 is 0. The van der Waals surface area contributed by atoms with E-state index in [0.29, 0.717) is 12.0 Å². The van der Waals surface area contributed by atoms with Crippen LogP contribution < -0.4 is 0 Å². The molecule has 0 saturated heterocycles. The average Bonchev–Trinajstić information content (AvgIpc) is 1.99. The van der Waals surface area contributed by atoms with E-state index in [1.54, 1.807) is 0 Å². The summed E-state index contributed by atoms with van der Waals surface area (Å²) < 4.78 is 35.7. The maximum absolute atomic E-state index is 11.9. The largest absolute Gasteiger partial charge is 0.415 e. The molecule has 3 heteroatoms. The molecule has 0 aromatic rings. The van der Waals surface area contributed by atoms with Crippen molar-refractivity contribution in [2.24, 2.45) is 0 Å². The molecule has 0 spiro atoms. The summed E-state index contributed by atoms with van der Waals surface area (Å²) in [5.41, 5.74) is -0.155. The lowest BCUT2D eigenvalue weighted by molar-refractivity contribution is -0.0878. The van der Waals surface area contributed by atoms with Crippen LogP contribution in [0, 0.1) is 0 Å². The van der Waals surface area contributed by atoms with Crippen LogP contribution in [-0.4, -0.2) is 6.18 Å². The van der Waals surface area contributed by atoms with E-state index in [-0.39, 0.29) is 0 Å². The van der Waals surface area contributed by atoms with Gasteiger partial charge in [-0.25, -0.2) is 0 Å². The Morgan fingerprint density at radius 1 is 1.23 bits per heavy atom. The van der Waals surface area contributed by atoms with Crippen molar-refractivity contribution in [2.75, 3.05) is 0 Å². The van der Waals surface area contributed by atoms with E-state index in [1.165, 1.54) is 6.08 Å². The Morgan fingerprint density at radius 2 is 1.77 bits per heavy atom. The van der Waals surface area contributed by atoms with E-state index in [0.717, 1.165) is 12.5 Å². The first-order valence-electron chi connectivity index (χ1n) is 4.00. The summed E-state index contributed by atoms with van der Waals surface area (Å²) in [5, 5.41) is 0. The Bertz CT molecular complexity index is 221. The molecule has 0 radical (unpaired) electrons. The maximum Gasteiger partial charge on any atom is 0.415 e. The van der Waals surface area contributed by atoms with Gasteiger partial charge in [0.05, 0.1) is 0 Å². The minimum Gasteiger partial charge on any atom is -0.166 e. The molecule has 0 nitrogen and oxygen atoms in total. The molecule has 0 fully saturated rings. The third kappa shape index (κ3) is 5.28. The Balaban J connectivity index is 4.13. The molecule has 74 valence electrons. The van der Waals surface area contributed by atoms with Crippen molar-refractivity contribution in [1.82, 2.24) is 0 Å². The maximum atomic E-state index is 11.9. The lowest BCUT2D eigenvalue weighted by Crippen LogP contribution is -2.08. The predicted molar refractivity (Wildman–Crippen MR) is 48.4 cm³/mol. The van der Waals surface area contributed by atoms with Gasteiger partial charge < -0.3 is 0 Å². The molecule has 0 N–H and O–H groups in total. The number of hydrogen-bond acceptors (Lipinski definition) is 0. The quantitative estimate of drug-likeness (QED) is 0.587. The monoisotopic (exact) mass is 190 g/mol. The van der Waals surface area contributed by atoms with Crippen molar-refractivity contribution >= 4 is 0 Å². The SMILES string of the molecule is C=C(/C=C\C(=C)C(F)(F)F)CCC. The summed E-state index contributed by atoms with van der Waals surface area (Å²) in [5.74, 6) is 0. The summed E-state index contributed by atoms with van der Waals surface area (Å²) in [6, 6.07) is 0. The van der Waals surface area contributed by atoms with Crippen LogP contribution in [0.1, 0.15) is 19.8 Å². The third-order valence-electron chi connectivity index (χ3n) is 1.46. The molecule has 0 unspecified atom stereocenters. The van der Waals surface area contributed by atoms with Gasteiger partial charge in [0.15, 0.2) is 0 Å². The first kappa shape index (κ1) is 12.0. The third-order valence-corrected chi connectivity index (χ3v) is 1.46. The molecule has 0 saturated carbocycles. The van der Waals surface area contributed by atoms with E-state index in [2.05, 4.69) is 13.2 Å². The fourth-order valence-electron chi connectivity index (χ4n) is 0.717. The second kappa shape index (κ2) is 4.90. The minimum absolute atomic E-state index is 0.688. The summed E-state index contributed by atoms with van der Waals surface area (Å²) in [6.07, 6.45) is -0.427. The second-order valence-corrected chi connectivity index (χ2v) is 2.76. The van der Waals surface area contributed by atoms with Crippen LogP contribution >= 0.6 is 0 Å². The molecule has 0 aromatic carbocycles. The molecule has 0 rings (SSSR count). The standard InChI is InChI=1S/C10H13F3/c1-4-5-8(2)6-7-9(3)10(11,12)13/h6-7H,2-5H2,1H3/b7-6-. The van der Waals surface area contributed by atoms with Gasteiger partial charge >= 0.3 is 6.18 Å². The summed E-state index contributed by atoms with van der Waals surface area (Å²) in [7, 11) is 0. The molecule has 13 heavy (non-hydrogen) atoms. The van der Waals surface area contributed by atoms with Crippen molar-refractivity contribution in [3.05, 3.63) is 36.5 Å². The number of rotatable bonds is 4. The molecular weight excluding hydrogens is 177 g/mol. The highest BCUT2D eigenvalue weighted by molar-refractivity contribution is 5.26. The van der Waals surface area contributed by atoms with Gasteiger partial charge in [0.2, 0.25) is 0 Å². The molecule has 0 aliphatic carbocycles. The van der Waals surface area contributed by atoms with Gasteiger partial charge in [-0.2, -0.15) is 13.2 Å². The van der Waals surface area contributed by atoms with Crippen LogP contribution in [0.4, 0.5) is 13.2 Å². The van der Waals surface area contributed by atoms with Gasteiger partial charge in [-0.1, -0.05) is 44.2 Å². The summed E-state index contributed by atoms with van der Waals surface area (Å²) in [4.78, 5) is 0. The van der Waals surface area contributed by atoms with Crippen LogP contribution in [0.5, 0.6) is 0 Å². The molecule has 0 aliphatic heterocycles. The molecule has 0 aliphatic rings. The van der Waals surface area contributed by atoms with Gasteiger partial charge in [-0.15, -0.1) is 0 Å². The number of halogens is 3. The highest BCUT2D eigenvalue weighted by atomic mass is 19.4. The fraction of sp³-hybridized carbons (Fsp3) is 0.400. The van der Waals surface area contributed by atoms with Crippen molar-refractivity contribution in [1.29, 1.82) is 0 Å². The van der Waals surface area contributed by atoms with Crippen molar-refractivity contribution < 1.29 is 13.2 Å². The predicted octanol–water partition coefficient (Wildman–Crippen LogP) is 4.02. The van der Waals surface area contributed by atoms with E-state index in [4.69, 9.17) is 0 Å². The topological polar surface area (TPSA) is 0 Å². The van der Waals surface area contributed by atoms with Crippen LogP contribution in [0.15, 0.2) is 36.5 Å². The normalized spacial score (nSPS) is 12.0. The first-order valence-corrected chi connectivity index (χ1v) is 4.00. The zero-order valence-corrected chi connectivity index (χ0v) is 7.62. The van der Waals surface area contributed by atoms with Crippen LogP contribution in [-0.2, 0) is 0 Å². The average molecular weight is 190 g/mol. The fourth-order valence-corrected chi connectivity index (χ4v) is 0.717. The van der Waals surface area contributed by atoms with Crippen molar-refractivity contribution in [3.8, 4) is 0 Å². The highest BCUT2D eigenvalue weighted by Crippen LogP contribution is 2.25. The molecule has 0 atom stereocenters. The van der Waals surface area contributed by atoms with Crippen LogP contribution in [0.25, 0.3) is 0 Å². The van der Waals surface area contributed by atoms with E-state index >= 15 is 0 Å². The van der Waals surface area contributed by atoms with Crippen molar-refractivity contribution in [3.63, 3.8) is 0 Å². The molecule has 0 bridgehead atoms. The molecule has 0 amide bonds. The summed E-state index contributed by atoms with van der Waals surface area (Å²) in [6.45, 7) is 8.45. The van der Waals surface area contributed by atoms with E-state index in [1.807, 2.05) is 6.92 Å². The van der Waals surface area contributed by atoms with Gasteiger partial charge in [-0.05, 0) is 6.42 Å². The van der Waals surface area contributed by atoms with E-state index in [9.17, 15) is 13.2 Å². The molecule has 0 heterocycles. The molecular formula is C10H13F3. The minimum atomic E-state index is -4.33.